The van der Waals surface area contributed by atoms with E-state index in [-0.39, 0.29) is 5.41 Å². The van der Waals surface area contributed by atoms with Gasteiger partial charge in [0.2, 0.25) is 0 Å². The maximum absolute atomic E-state index is 2.50. The summed E-state index contributed by atoms with van der Waals surface area (Å²) in [7, 11) is 0. The fourth-order valence-electron chi connectivity index (χ4n) is 8.44. The Morgan fingerprint density at radius 2 is 1.00 bits per heavy atom. The van der Waals surface area contributed by atoms with Gasteiger partial charge >= 0.3 is 0 Å². The van der Waals surface area contributed by atoms with Crippen molar-refractivity contribution in [1.29, 1.82) is 0 Å². The molecule has 9 aromatic carbocycles. The molecule has 0 saturated carbocycles. The van der Waals surface area contributed by atoms with Crippen molar-refractivity contribution in [2.24, 2.45) is 0 Å². The van der Waals surface area contributed by atoms with Crippen molar-refractivity contribution in [2.45, 2.75) is 19.3 Å². The average Bonchev–Trinajstić information content (AvgIpc) is 3.33. The standard InChI is InChI=1S/C45H30/c1-45(2)40-26-34(35-21-19-31-16-15-29-11-7-12-30-20-22-37(35)42(31)41(29)30)25-39(33-17-14-27-8-3-4-10-32(27)24-33)43(40)38-23-18-28-9-5-6-13-36(28)44(38)45/h3-26H,1-2H3. The van der Waals surface area contributed by atoms with E-state index in [4.69, 9.17) is 0 Å². The summed E-state index contributed by atoms with van der Waals surface area (Å²) in [6.07, 6.45) is 0. The molecule has 0 heterocycles. The highest BCUT2D eigenvalue weighted by Crippen LogP contribution is 2.56. The van der Waals surface area contributed by atoms with Crippen molar-refractivity contribution < 1.29 is 0 Å². The summed E-state index contributed by atoms with van der Waals surface area (Å²) in [4.78, 5) is 0. The summed E-state index contributed by atoms with van der Waals surface area (Å²) < 4.78 is 0. The van der Waals surface area contributed by atoms with E-state index < -0.39 is 0 Å². The van der Waals surface area contributed by atoms with E-state index in [0.29, 0.717) is 0 Å². The van der Waals surface area contributed by atoms with Crippen LogP contribution >= 0.6 is 0 Å². The summed E-state index contributed by atoms with van der Waals surface area (Å²) >= 11 is 0. The van der Waals surface area contributed by atoms with Crippen LogP contribution in [0, 0.1) is 0 Å². The molecule has 0 unspecified atom stereocenters. The first-order valence-corrected chi connectivity index (χ1v) is 15.9. The SMILES string of the molecule is CC1(C)c2cc(-c3ccc4ccc5cccc6ccc3c4c56)cc(-c3ccc4ccccc4c3)c2-c2ccc3ccccc3c21. The Morgan fingerprint density at radius 1 is 0.378 bits per heavy atom. The van der Waals surface area contributed by atoms with Gasteiger partial charge in [0, 0.05) is 5.41 Å². The van der Waals surface area contributed by atoms with E-state index in [1.165, 1.54) is 98.4 Å². The van der Waals surface area contributed by atoms with Crippen LogP contribution in [0.15, 0.2) is 146 Å². The molecule has 210 valence electrons. The summed E-state index contributed by atoms with van der Waals surface area (Å²) in [5.41, 5.74) is 10.6. The maximum Gasteiger partial charge on any atom is 0.0165 e. The van der Waals surface area contributed by atoms with Crippen LogP contribution in [0.3, 0.4) is 0 Å². The van der Waals surface area contributed by atoms with E-state index >= 15 is 0 Å². The van der Waals surface area contributed by atoms with Gasteiger partial charge in [-0.15, -0.1) is 0 Å². The fraction of sp³-hybridized carbons (Fsp3) is 0.0667. The zero-order valence-electron chi connectivity index (χ0n) is 25.4. The van der Waals surface area contributed by atoms with E-state index in [1.807, 2.05) is 0 Å². The molecule has 1 aliphatic rings. The largest absolute Gasteiger partial charge is 0.0616 e. The molecule has 0 fully saturated rings. The summed E-state index contributed by atoms with van der Waals surface area (Å²) in [6.45, 7) is 4.84. The van der Waals surface area contributed by atoms with Gasteiger partial charge in [-0.1, -0.05) is 141 Å². The molecule has 10 rings (SSSR count). The number of benzene rings is 9. The number of rotatable bonds is 2. The normalized spacial score (nSPS) is 13.7. The van der Waals surface area contributed by atoms with Gasteiger partial charge in [0.05, 0.1) is 0 Å². The molecule has 0 saturated heterocycles. The third kappa shape index (κ3) is 3.37. The third-order valence-electron chi connectivity index (χ3n) is 10.5. The second kappa shape index (κ2) is 8.80. The molecule has 9 aromatic rings. The van der Waals surface area contributed by atoms with Gasteiger partial charge in [0.15, 0.2) is 0 Å². The number of hydrogen-bond acceptors (Lipinski definition) is 0. The van der Waals surface area contributed by atoms with Gasteiger partial charge < -0.3 is 0 Å². The first-order valence-electron chi connectivity index (χ1n) is 15.9. The van der Waals surface area contributed by atoms with E-state index in [0.717, 1.165) is 0 Å². The molecule has 0 heteroatoms. The Morgan fingerprint density at radius 3 is 1.84 bits per heavy atom. The summed E-state index contributed by atoms with van der Waals surface area (Å²) in [5.74, 6) is 0. The zero-order chi connectivity index (χ0) is 29.9. The van der Waals surface area contributed by atoms with Crippen molar-refractivity contribution >= 4 is 53.9 Å². The molecule has 0 atom stereocenters. The van der Waals surface area contributed by atoms with Crippen molar-refractivity contribution in [2.75, 3.05) is 0 Å². The topological polar surface area (TPSA) is 0 Å². The van der Waals surface area contributed by atoms with Gasteiger partial charge in [0.25, 0.3) is 0 Å². The highest BCUT2D eigenvalue weighted by Gasteiger charge is 2.39. The average molecular weight is 571 g/mol. The molecule has 0 spiro atoms. The Labute approximate surface area is 262 Å². The maximum atomic E-state index is 2.50. The minimum absolute atomic E-state index is 0.156. The van der Waals surface area contributed by atoms with Crippen molar-refractivity contribution in [3.05, 3.63) is 157 Å². The number of fused-ring (bicyclic) bond motifs is 6. The van der Waals surface area contributed by atoms with Gasteiger partial charge in [-0.3, -0.25) is 0 Å². The van der Waals surface area contributed by atoms with Gasteiger partial charge in [-0.25, -0.2) is 0 Å². The van der Waals surface area contributed by atoms with Gasteiger partial charge in [-0.05, 0) is 117 Å². The van der Waals surface area contributed by atoms with E-state index in [1.54, 1.807) is 0 Å². The lowest BCUT2D eigenvalue weighted by molar-refractivity contribution is 0.666. The van der Waals surface area contributed by atoms with Crippen LogP contribution in [0.2, 0.25) is 0 Å². The highest BCUT2D eigenvalue weighted by atomic mass is 14.4. The zero-order valence-corrected chi connectivity index (χ0v) is 25.4. The first-order chi connectivity index (χ1) is 22.1. The fourth-order valence-corrected chi connectivity index (χ4v) is 8.44. The molecule has 0 bridgehead atoms. The van der Waals surface area contributed by atoms with Crippen LogP contribution in [0.5, 0.6) is 0 Å². The predicted octanol–water partition coefficient (Wildman–Crippen LogP) is 12.5. The van der Waals surface area contributed by atoms with Crippen LogP contribution in [0.25, 0.3) is 87.2 Å². The van der Waals surface area contributed by atoms with Crippen LogP contribution in [0.4, 0.5) is 0 Å². The molecule has 0 amide bonds. The van der Waals surface area contributed by atoms with E-state index in [2.05, 4.69) is 159 Å². The second-order valence-electron chi connectivity index (χ2n) is 13.3. The molecule has 0 N–H and O–H groups in total. The monoisotopic (exact) mass is 570 g/mol. The Bertz CT molecular complexity index is 2650. The molecule has 0 aromatic heterocycles. The Hall–Kier alpha value is -5.46. The summed E-state index contributed by atoms with van der Waals surface area (Å²) in [5, 5.41) is 13.2. The molecule has 1 aliphatic carbocycles. The first kappa shape index (κ1) is 24.9. The van der Waals surface area contributed by atoms with Crippen LogP contribution in [0.1, 0.15) is 25.0 Å². The minimum atomic E-state index is -0.156. The lowest BCUT2D eigenvalue weighted by Gasteiger charge is -2.24. The van der Waals surface area contributed by atoms with Gasteiger partial charge in [-0.2, -0.15) is 0 Å². The van der Waals surface area contributed by atoms with Crippen LogP contribution < -0.4 is 0 Å². The lowest BCUT2D eigenvalue weighted by Crippen LogP contribution is -2.15. The second-order valence-corrected chi connectivity index (χ2v) is 13.3. The third-order valence-corrected chi connectivity index (χ3v) is 10.5. The van der Waals surface area contributed by atoms with Crippen LogP contribution in [-0.2, 0) is 5.41 Å². The van der Waals surface area contributed by atoms with Crippen molar-refractivity contribution in [1.82, 2.24) is 0 Å². The number of hydrogen-bond donors (Lipinski definition) is 0. The predicted molar refractivity (Wildman–Crippen MR) is 194 cm³/mol. The molecule has 0 nitrogen and oxygen atoms in total. The molecular weight excluding hydrogens is 540 g/mol. The molecule has 0 radical (unpaired) electrons. The van der Waals surface area contributed by atoms with Gasteiger partial charge in [0.1, 0.15) is 0 Å². The van der Waals surface area contributed by atoms with Crippen molar-refractivity contribution in [3.63, 3.8) is 0 Å². The smallest absolute Gasteiger partial charge is 0.0165 e. The van der Waals surface area contributed by atoms with E-state index in [9.17, 15) is 0 Å². The Kier molecular flexibility index (Phi) is 4.88. The lowest BCUT2D eigenvalue weighted by atomic mass is 9.78. The molecule has 45 heavy (non-hydrogen) atoms. The Balaban J connectivity index is 1.32. The van der Waals surface area contributed by atoms with Crippen LogP contribution in [-0.4, -0.2) is 0 Å². The van der Waals surface area contributed by atoms with Crippen molar-refractivity contribution in [3.8, 4) is 33.4 Å². The molecule has 0 aliphatic heterocycles. The minimum Gasteiger partial charge on any atom is -0.0616 e. The quantitative estimate of drug-likeness (QED) is 0.181. The molecular formula is C45H30. The summed E-state index contributed by atoms with van der Waals surface area (Å²) in [6, 6.07) is 54.7. The highest BCUT2D eigenvalue weighted by molar-refractivity contribution is 6.25.